The molecule has 0 radical (unpaired) electrons. The van der Waals surface area contributed by atoms with Crippen LogP contribution in [0.1, 0.15) is 6.42 Å². The fourth-order valence-electron chi connectivity index (χ4n) is 1.10. The molecule has 5 heteroatoms. The second-order valence-corrected chi connectivity index (χ2v) is 2.62. The fourth-order valence-corrected chi connectivity index (χ4v) is 1.10. The lowest BCUT2D eigenvalue weighted by atomic mass is 10.0. The van der Waals surface area contributed by atoms with Gasteiger partial charge in [-0.2, -0.15) is 10.3 Å². The summed E-state index contributed by atoms with van der Waals surface area (Å²) in [6.07, 6.45) is 0.354. The van der Waals surface area contributed by atoms with E-state index in [-0.39, 0.29) is 0 Å². The van der Waals surface area contributed by atoms with Crippen molar-refractivity contribution in [2.75, 3.05) is 20.7 Å². The SMILES string of the molecule is COC(=O)C1(C#N)CCN(C)O1. The van der Waals surface area contributed by atoms with E-state index < -0.39 is 11.6 Å². The highest BCUT2D eigenvalue weighted by Gasteiger charge is 2.47. The van der Waals surface area contributed by atoms with E-state index in [9.17, 15) is 4.79 Å². The van der Waals surface area contributed by atoms with Crippen molar-refractivity contribution in [1.82, 2.24) is 5.06 Å². The average molecular weight is 170 g/mol. The van der Waals surface area contributed by atoms with Crippen LogP contribution >= 0.6 is 0 Å². The van der Waals surface area contributed by atoms with Crippen molar-refractivity contribution in [1.29, 1.82) is 5.26 Å². The lowest BCUT2D eigenvalue weighted by Crippen LogP contribution is -2.38. The number of hydrogen-bond acceptors (Lipinski definition) is 5. The summed E-state index contributed by atoms with van der Waals surface area (Å²) >= 11 is 0. The molecule has 0 aromatic rings. The normalized spacial score (nSPS) is 29.8. The molecule has 0 aromatic heterocycles. The Balaban J connectivity index is 2.79. The van der Waals surface area contributed by atoms with Crippen LogP contribution < -0.4 is 0 Å². The number of hydrogen-bond donors (Lipinski definition) is 0. The maximum atomic E-state index is 11.1. The Morgan fingerprint density at radius 2 is 2.50 bits per heavy atom. The predicted molar refractivity (Wildman–Crippen MR) is 38.7 cm³/mol. The van der Waals surface area contributed by atoms with E-state index in [1.807, 2.05) is 6.07 Å². The highest BCUT2D eigenvalue weighted by Crippen LogP contribution is 2.25. The van der Waals surface area contributed by atoms with Gasteiger partial charge in [-0.15, -0.1) is 0 Å². The molecular weight excluding hydrogens is 160 g/mol. The molecule has 1 aliphatic rings. The summed E-state index contributed by atoms with van der Waals surface area (Å²) in [6.45, 7) is 0.558. The van der Waals surface area contributed by atoms with Gasteiger partial charge in [-0.25, -0.2) is 4.79 Å². The molecule has 1 rings (SSSR count). The molecular formula is C7H10N2O3. The van der Waals surface area contributed by atoms with Crippen molar-refractivity contribution < 1.29 is 14.4 Å². The predicted octanol–water partition coefficient (Wildman–Crippen LogP) is -0.311. The molecule has 0 aromatic carbocycles. The standard InChI is InChI=1S/C7H10N2O3/c1-9-4-3-7(5-8,12-9)6(10)11-2/h3-4H2,1-2H3. The van der Waals surface area contributed by atoms with Crippen LogP contribution in [0.25, 0.3) is 0 Å². The summed E-state index contributed by atoms with van der Waals surface area (Å²) in [6, 6.07) is 1.82. The smallest absolute Gasteiger partial charge is 0.355 e. The number of methoxy groups -OCH3 is 1. The first-order valence-corrected chi connectivity index (χ1v) is 3.54. The Morgan fingerprint density at radius 3 is 2.83 bits per heavy atom. The first-order chi connectivity index (χ1) is 5.64. The van der Waals surface area contributed by atoms with E-state index >= 15 is 0 Å². The minimum Gasteiger partial charge on any atom is -0.466 e. The summed E-state index contributed by atoms with van der Waals surface area (Å²) in [5.74, 6) is -0.630. The van der Waals surface area contributed by atoms with Gasteiger partial charge < -0.3 is 4.74 Å². The molecule has 0 amide bonds. The van der Waals surface area contributed by atoms with Crippen molar-refractivity contribution in [3.05, 3.63) is 0 Å². The molecule has 0 saturated carbocycles. The molecule has 0 bridgehead atoms. The van der Waals surface area contributed by atoms with Crippen LogP contribution in [0.15, 0.2) is 0 Å². The largest absolute Gasteiger partial charge is 0.466 e. The van der Waals surface area contributed by atoms with E-state index in [4.69, 9.17) is 10.1 Å². The van der Waals surface area contributed by atoms with Crippen molar-refractivity contribution in [2.24, 2.45) is 0 Å². The minimum absolute atomic E-state index is 0.354. The van der Waals surface area contributed by atoms with Gasteiger partial charge in [-0.3, -0.25) is 4.84 Å². The third-order valence-corrected chi connectivity index (χ3v) is 1.79. The Bertz CT molecular complexity index is 235. The molecule has 1 atom stereocenters. The van der Waals surface area contributed by atoms with Gasteiger partial charge in [0.25, 0.3) is 5.60 Å². The number of carbonyl (C=O) groups excluding carboxylic acids is 1. The van der Waals surface area contributed by atoms with Crippen LogP contribution in [-0.2, 0) is 14.4 Å². The topological polar surface area (TPSA) is 62.6 Å². The van der Waals surface area contributed by atoms with Crippen molar-refractivity contribution in [3.63, 3.8) is 0 Å². The van der Waals surface area contributed by atoms with Gasteiger partial charge in [0.2, 0.25) is 0 Å². The number of nitriles is 1. The number of carbonyl (C=O) groups is 1. The third kappa shape index (κ3) is 1.26. The van der Waals surface area contributed by atoms with Crippen LogP contribution in [-0.4, -0.2) is 37.3 Å². The number of hydroxylamine groups is 2. The second kappa shape index (κ2) is 3.09. The summed E-state index contributed by atoms with van der Waals surface area (Å²) in [7, 11) is 2.91. The molecule has 12 heavy (non-hydrogen) atoms. The number of esters is 1. The van der Waals surface area contributed by atoms with Gasteiger partial charge in [0.15, 0.2) is 0 Å². The molecule has 66 valence electrons. The van der Waals surface area contributed by atoms with Crippen LogP contribution in [0.2, 0.25) is 0 Å². The maximum absolute atomic E-state index is 11.1. The molecule has 1 fully saturated rings. The quantitative estimate of drug-likeness (QED) is 0.505. The molecule has 1 saturated heterocycles. The highest BCUT2D eigenvalue weighted by atomic mass is 16.7. The molecule has 0 aliphatic carbocycles. The first-order valence-electron chi connectivity index (χ1n) is 3.54. The number of ether oxygens (including phenoxy) is 1. The Morgan fingerprint density at radius 1 is 1.83 bits per heavy atom. The van der Waals surface area contributed by atoms with Crippen LogP contribution in [0, 0.1) is 11.3 Å². The van der Waals surface area contributed by atoms with Crippen molar-refractivity contribution in [3.8, 4) is 6.07 Å². The van der Waals surface area contributed by atoms with Crippen LogP contribution in [0.4, 0.5) is 0 Å². The van der Waals surface area contributed by atoms with Crippen molar-refractivity contribution in [2.45, 2.75) is 12.0 Å². The molecule has 0 spiro atoms. The Labute approximate surface area is 70.4 Å². The maximum Gasteiger partial charge on any atom is 0.355 e. The molecule has 0 N–H and O–H groups in total. The Kier molecular flexibility index (Phi) is 2.31. The van der Waals surface area contributed by atoms with Crippen molar-refractivity contribution >= 4 is 5.97 Å². The summed E-state index contributed by atoms with van der Waals surface area (Å²) in [5, 5.41) is 10.2. The number of rotatable bonds is 1. The fraction of sp³-hybridized carbons (Fsp3) is 0.714. The zero-order valence-corrected chi connectivity index (χ0v) is 7.03. The van der Waals surface area contributed by atoms with Crippen LogP contribution in [0.3, 0.4) is 0 Å². The summed E-state index contributed by atoms with van der Waals surface area (Å²) in [5.41, 5.74) is -1.41. The summed E-state index contributed by atoms with van der Waals surface area (Å²) < 4.78 is 4.46. The molecule has 1 heterocycles. The van der Waals surface area contributed by atoms with E-state index in [0.717, 1.165) is 0 Å². The lowest BCUT2D eigenvalue weighted by Gasteiger charge is -2.16. The van der Waals surface area contributed by atoms with Gasteiger partial charge in [0.05, 0.1) is 7.11 Å². The number of nitrogens with zero attached hydrogens (tertiary/aromatic N) is 2. The van der Waals surface area contributed by atoms with E-state index in [0.29, 0.717) is 13.0 Å². The van der Waals surface area contributed by atoms with Gasteiger partial charge in [-0.05, 0) is 0 Å². The Hall–Kier alpha value is -1.12. The first kappa shape index (κ1) is 8.97. The highest BCUT2D eigenvalue weighted by molar-refractivity contribution is 5.83. The van der Waals surface area contributed by atoms with Crippen LogP contribution in [0.5, 0.6) is 0 Å². The van der Waals surface area contributed by atoms with E-state index in [2.05, 4.69) is 4.74 Å². The molecule has 5 nitrogen and oxygen atoms in total. The van der Waals surface area contributed by atoms with Gasteiger partial charge in [0.1, 0.15) is 6.07 Å². The van der Waals surface area contributed by atoms with Gasteiger partial charge in [0, 0.05) is 20.0 Å². The zero-order chi connectivity index (χ0) is 9.19. The third-order valence-electron chi connectivity index (χ3n) is 1.79. The lowest BCUT2D eigenvalue weighted by molar-refractivity contribution is -0.190. The summed E-state index contributed by atoms with van der Waals surface area (Å²) in [4.78, 5) is 16.2. The second-order valence-electron chi connectivity index (χ2n) is 2.62. The van der Waals surface area contributed by atoms with E-state index in [1.165, 1.54) is 12.2 Å². The zero-order valence-electron chi connectivity index (χ0n) is 7.03. The molecule has 1 unspecified atom stereocenters. The van der Waals surface area contributed by atoms with E-state index in [1.54, 1.807) is 7.05 Å². The van der Waals surface area contributed by atoms with Gasteiger partial charge in [-0.1, -0.05) is 0 Å². The minimum atomic E-state index is -1.41. The average Bonchev–Trinajstić information content (AvgIpc) is 2.47. The molecule has 1 aliphatic heterocycles. The van der Waals surface area contributed by atoms with Gasteiger partial charge >= 0.3 is 5.97 Å². The monoisotopic (exact) mass is 170 g/mol.